The van der Waals surface area contributed by atoms with Crippen molar-refractivity contribution >= 4 is 17.2 Å². The number of nitrogens with one attached hydrogen (secondary N) is 1. The van der Waals surface area contributed by atoms with Gasteiger partial charge in [-0.15, -0.1) is 11.3 Å². The maximum atomic E-state index is 12.5. The van der Waals surface area contributed by atoms with E-state index in [-0.39, 0.29) is 11.3 Å². The van der Waals surface area contributed by atoms with Crippen molar-refractivity contribution in [2.75, 3.05) is 13.1 Å². The van der Waals surface area contributed by atoms with Crippen molar-refractivity contribution in [2.45, 2.75) is 25.2 Å². The number of amides is 1. The van der Waals surface area contributed by atoms with Crippen LogP contribution in [0.15, 0.2) is 41.9 Å². The van der Waals surface area contributed by atoms with Crippen molar-refractivity contribution in [3.8, 4) is 0 Å². The molecule has 3 aromatic rings. The van der Waals surface area contributed by atoms with Crippen LogP contribution in [0.2, 0.25) is 0 Å². The number of nitrogens with zero attached hydrogens (tertiary/aromatic N) is 4. The summed E-state index contributed by atoms with van der Waals surface area (Å²) in [5, 5.41) is 13.4. The van der Waals surface area contributed by atoms with Crippen LogP contribution in [0.4, 0.5) is 0 Å². The Morgan fingerprint density at radius 2 is 2.00 bits per heavy atom. The van der Waals surface area contributed by atoms with Crippen LogP contribution in [0.1, 0.15) is 39.6 Å². The quantitative estimate of drug-likeness (QED) is 0.786. The Labute approximate surface area is 149 Å². The second kappa shape index (κ2) is 6.40. The number of rotatable bonds is 3. The largest absolute Gasteiger partial charge is 0.337 e. The van der Waals surface area contributed by atoms with E-state index in [0.717, 1.165) is 23.5 Å². The minimum Gasteiger partial charge on any atom is -0.337 e. The highest BCUT2D eigenvalue weighted by Gasteiger charge is 2.40. The first-order chi connectivity index (χ1) is 12.2. The Bertz CT molecular complexity index is 851. The number of carbonyl (C=O) groups is 1. The van der Waals surface area contributed by atoms with Gasteiger partial charge in [0.25, 0.3) is 5.91 Å². The van der Waals surface area contributed by atoms with Gasteiger partial charge in [0.2, 0.25) is 0 Å². The molecule has 1 saturated heterocycles. The standard InChI is InChI=1S/C18H19N5OS/c1-13-20-16(12-25-13)18(14-5-3-2-4-6-14)7-9-23(10-8-18)17(24)15-11-19-22-21-15/h2-6,11-12H,7-10H2,1H3,(H,19,21,22). The summed E-state index contributed by atoms with van der Waals surface area (Å²) >= 11 is 1.68. The zero-order valence-corrected chi connectivity index (χ0v) is 14.8. The first kappa shape index (κ1) is 16.0. The summed E-state index contributed by atoms with van der Waals surface area (Å²) in [5.41, 5.74) is 2.63. The average molecular weight is 353 g/mol. The number of thiazole rings is 1. The molecule has 4 rings (SSSR count). The van der Waals surface area contributed by atoms with Crippen molar-refractivity contribution in [3.63, 3.8) is 0 Å². The van der Waals surface area contributed by atoms with Gasteiger partial charge >= 0.3 is 0 Å². The fraction of sp³-hybridized carbons (Fsp3) is 0.333. The van der Waals surface area contributed by atoms with E-state index in [9.17, 15) is 4.79 Å². The molecule has 1 aliphatic rings. The van der Waals surface area contributed by atoms with Gasteiger partial charge in [0.15, 0.2) is 5.69 Å². The summed E-state index contributed by atoms with van der Waals surface area (Å²) in [7, 11) is 0. The molecule has 1 aliphatic heterocycles. The van der Waals surface area contributed by atoms with Gasteiger partial charge in [-0.05, 0) is 25.3 Å². The minimum atomic E-state index is -0.132. The van der Waals surface area contributed by atoms with Crippen molar-refractivity contribution in [1.82, 2.24) is 25.3 Å². The van der Waals surface area contributed by atoms with Crippen LogP contribution in [-0.2, 0) is 5.41 Å². The fourth-order valence-electron chi connectivity index (χ4n) is 3.59. The van der Waals surface area contributed by atoms with Crippen molar-refractivity contribution in [2.24, 2.45) is 0 Å². The molecular formula is C18H19N5OS. The Morgan fingerprint density at radius 1 is 1.24 bits per heavy atom. The van der Waals surface area contributed by atoms with E-state index in [1.54, 1.807) is 11.3 Å². The molecule has 0 unspecified atom stereocenters. The second-order valence-electron chi connectivity index (χ2n) is 6.35. The summed E-state index contributed by atoms with van der Waals surface area (Å²) in [6.07, 6.45) is 3.18. The normalized spacial score (nSPS) is 16.8. The van der Waals surface area contributed by atoms with Crippen LogP contribution in [0.5, 0.6) is 0 Å². The smallest absolute Gasteiger partial charge is 0.276 e. The zero-order valence-electron chi connectivity index (χ0n) is 14.0. The van der Waals surface area contributed by atoms with Gasteiger partial charge in [0.05, 0.1) is 16.9 Å². The second-order valence-corrected chi connectivity index (χ2v) is 7.41. The van der Waals surface area contributed by atoms with Gasteiger partial charge in [-0.3, -0.25) is 4.79 Å². The third-order valence-corrected chi connectivity index (χ3v) is 5.75. The van der Waals surface area contributed by atoms with Crippen molar-refractivity contribution in [3.05, 3.63) is 63.9 Å². The SMILES string of the molecule is Cc1nc(C2(c3ccccc3)CCN(C(=O)c3cn[nH]n3)CC2)cs1. The highest BCUT2D eigenvalue weighted by Crippen LogP contribution is 2.42. The number of benzene rings is 1. The molecule has 128 valence electrons. The lowest BCUT2D eigenvalue weighted by Gasteiger charge is -2.41. The molecule has 0 saturated carbocycles. The van der Waals surface area contributed by atoms with E-state index in [1.165, 1.54) is 11.8 Å². The van der Waals surface area contributed by atoms with Crippen LogP contribution in [-0.4, -0.2) is 44.3 Å². The third kappa shape index (κ3) is 2.84. The topological polar surface area (TPSA) is 74.8 Å². The summed E-state index contributed by atoms with van der Waals surface area (Å²) < 4.78 is 0. The van der Waals surface area contributed by atoms with Gasteiger partial charge < -0.3 is 4.90 Å². The zero-order chi connectivity index (χ0) is 17.3. The van der Waals surface area contributed by atoms with Crippen LogP contribution >= 0.6 is 11.3 Å². The Hall–Kier alpha value is -2.54. The summed E-state index contributed by atoms with van der Waals surface area (Å²) in [4.78, 5) is 19.2. The molecule has 6 nitrogen and oxygen atoms in total. The molecule has 0 spiro atoms. The van der Waals surface area contributed by atoms with E-state index in [0.29, 0.717) is 18.8 Å². The van der Waals surface area contributed by atoms with Gasteiger partial charge in [0.1, 0.15) is 0 Å². The fourth-order valence-corrected chi connectivity index (χ4v) is 4.30. The first-order valence-electron chi connectivity index (χ1n) is 8.32. The molecule has 2 aromatic heterocycles. The Kier molecular flexibility index (Phi) is 4.09. The molecule has 1 aromatic carbocycles. The molecule has 1 N–H and O–H groups in total. The minimum absolute atomic E-state index is 0.0649. The number of aryl methyl sites for hydroxylation is 1. The molecule has 0 aliphatic carbocycles. The van der Waals surface area contributed by atoms with Crippen molar-refractivity contribution in [1.29, 1.82) is 0 Å². The van der Waals surface area contributed by atoms with Gasteiger partial charge in [-0.25, -0.2) is 4.98 Å². The van der Waals surface area contributed by atoms with Crippen molar-refractivity contribution < 1.29 is 4.79 Å². The van der Waals surface area contributed by atoms with Crippen LogP contribution in [0.25, 0.3) is 0 Å². The Morgan fingerprint density at radius 3 is 2.60 bits per heavy atom. The lowest BCUT2D eigenvalue weighted by atomic mass is 9.70. The van der Waals surface area contributed by atoms with Crippen LogP contribution in [0, 0.1) is 6.92 Å². The summed E-state index contributed by atoms with van der Waals surface area (Å²) in [6, 6.07) is 10.5. The lowest BCUT2D eigenvalue weighted by molar-refractivity contribution is 0.0678. The number of carbonyl (C=O) groups excluding carboxylic acids is 1. The number of piperidine rings is 1. The molecule has 0 atom stereocenters. The van der Waals surface area contributed by atoms with E-state index in [4.69, 9.17) is 4.98 Å². The Balaban J connectivity index is 1.63. The van der Waals surface area contributed by atoms with E-state index in [1.807, 2.05) is 17.9 Å². The van der Waals surface area contributed by atoms with E-state index < -0.39 is 0 Å². The third-order valence-electron chi connectivity index (χ3n) is 4.97. The number of hydrogen-bond acceptors (Lipinski definition) is 5. The summed E-state index contributed by atoms with van der Waals surface area (Å²) in [5.74, 6) is -0.0649. The number of likely N-dealkylation sites (tertiary alicyclic amines) is 1. The molecule has 1 fully saturated rings. The van der Waals surface area contributed by atoms with E-state index >= 15 is 0 Å². The number of hydrogen-bond donors (Lipinski definition) is 1. The molecule has 7 heteroatoms. The molecule has 0 bridgehead atoms. The average Bonchev–Trinajstić information content (AvgIpc) is 3.34. The molecular weight excluding hydrogens is 334 g/mol. The predicted molar refractivity (Wildman–Crippen MR) is 95.6 cm³/mol. The molecule has 3 heterocycles. The molecule has 0 radical (unpaired) electrons. The van der Waals surface area contributed by atoms with E-state index in [2.05, 4.69) is 45.1 Å². The number of aromatic nitrogens is 4. The number of aromatic amines is 1. The first-order valence-corrected chi connectivity index (χ1v) is 9.20. The van der Waals surface area contributed by atoms with Gasteiger partial charge in [-0.2, -0.15) is 15.4 Å². The van der Waals surface area contributed by atoms with Crippen LogP contribution in [0.3, 0.4) is 0 Å². The maximum absolute atomic E-state index is 12.5. The lowest BCUT2D eigenvalue weighted by Crippen LogP contribution is -2.46. The van der Waals surface area contributed by atoms with Crippen LogP contribution < -0.4 is 0 Å². The molecule has 1 amide bonds. The van der Waals surface area contributed by atoms with Gasteiger partial charge in [-0.1, -0.05) is 30.3 Å². The monoisotopic (exact) mass is 353 g/mol. The maximum Gasteiger partial charge on any atom is 0.276 e. The highest BCUT2D eigenvalue weighted by molar-refractivity contribution is 7.09. The predicted octanol–water partition coefficient (Wildman–Crippen LogP) is 2.79. The highest BCUT2D eigenvalue weighted by atomic mass is 32.1. The molecule has 25 heavy (non-hydrogen) atoms. The number of H-pyrrole nitrogens is 1. The summed E-state index contributed by atoms with van der Waals surface area (Å²) in [6.45, 7) is 3.39. The van der Waals surface area contributed by atoms with Gasteiger partial charge in [0, 0.05) is 23.9 Å².